The molecule has 0 aliphatic carbocycles. The number of carbonyl (C=O) groups excluding carboxylic acids is 2. The third kappa shape index (κ3) is 6.01. The first-order valence-electron chi connectivity index (χ1n) is 8.04. The Labute approximate surface area is 135 Å². The lowest BCUT2D eigenvalue weighted by Gasteiger charge is -2.36. The number of halogens is 3. The van der Waals surface area contributed by atoms with Gasteiger partial charge in [0.15, 0.2) is 0 Å². The smallest absolute Gasteiger partial charge is 0.342 e. The van der Waals surface area contributed by atoms with E-state index < -0.39 is 24.5 Å². The quantitative estimate of drug-likeness (QED) is 0.801. The van der Waals surface area contributed by atoms with Gasteiger partial charge in [-0.15, -0.1) is 0 Å². The van der Waals surface area contributed by atoms with Crippen molar-refractivity contribution < 1.29 is 22.8 Å². The average Bonchev–Trinajstić information content (AvgIpc) is 2.51. The van der Waals surface area contributed by atoms with E-state index in [-0.39, 0.29) is 31.5 Å². The van der Waals surface area contributed by atoms with Gasteiger partial charge in [0.1, 0.15) is 6.54 Å². The van der Waals surface area contributed by atoms with Crippen molar-refractivity contribution in [3.8, 4) is 0 Å². The summed E-state index contributed by atoms with van der Waals surface area (Å²) in [5, 5.41) is 0. The molecule has 1 aliphatic heterocycles. The molecule has 0 bridgehead atoms. The van der Waals surface area contributed by atoms with E-state index in [1.807, 2.05) is 0 Å². The van der Waals surface area contributed by atoms with Crippen LogP contribution in [-0.2, 0) is 9.59 Å². The van der Waals surface area contributed by atoms with E-state index >= 15 is 0 Å². The van der Waals surface area contributed by atoms with Crippen molar-refractivity contribution in [1.82, 2.24) is 9.80 Å². The molecule has 1 fully saturated rings. The zero-order valence-corrected chi connectivity index (χ0v) is 13.7. The summed E-state index contributed by atoms with van der Waals surface area (Å²) in [5.74, 6) is -1.55. The van der Waals surface area contributed by atoms with E-state index in [0.29, 0.717) is 25.8 Å². The Bertz CT molecular complexity index is 415. The van der Waals surface area contributed by atoms with Gasteiger partial charge >= 0.3 is 6.18 Å². The molecule has 0 aromatic carbocycles. The molecule has 0 aromatic heterocycles. The van der Waals surface area contributed by atoms with Crippen LogP contribution in [0.3, 0.4) is 0 Å². The maximum Gasteiger partial charge on any atom is 0.406 e. The van der Waals surface area contributed by atoms with Gasteiger partial charge in [0.2, 0.25) is 11.8 Å². The zero-order chi connectivity index (χ0) is 17.6. The van der Waals surface area contributed by atoms with Crippen LogP contribution in [0.15, 0.2) is 0 Å². The van der Waals surface area contributed by atoms with Crippen LogP contribution < -0.4 is 5.73 Å². The molecule has 1 heterocycles. The normalized spacial score (nSPS) is 20.3. The highest BCUT2D eigenvalue weighted by Crippen LogP contribution is 2.23. The Morgan fingerprint density at radius 1 is 1.39 bits per heavy atom. The largest absolute Gasteiger partial charge is 0.406 e. The standard InChI is InChI=1S/C15H26F3N3O2/c1-3-6-21(10-15(16,17)18)14(23)12-5-4-7-20(9-12)13(22)11(2)8-19/h11-12H,3-10,19H2,1-2H3. The maximum absolute atomic E-state index is 12.6. The van der Waals surface area contributed by atoms with Gasteiger partial charge < -0.3 is 15.5 Å². The number of hydrogen-bond donors (Lipinski definition) is 1. The van der Waals surface area contributed by atoms with Crippen LogP contribution in [-0.4, -0.2) is 60.5 Å². The van der Waals surface area contributed by atoms with Crippen LogP contribution in [0.2, 0.25) is 0 Å². The van der Waals surface area contributed by atoms with Crippen molar-refractivity contribution in [2.75, 3.05) is 32.7 Å². The van der Waals surface area contributed by atoms with Gasteiger partial charge in [0, 0.05) is 32.1 Å². The number of likely N-dealkylation sites (tertiary alicyclic amines) is 1. The topological polar surface area (TPSA) is 66.6 Å². The van der Waals surface area contributed by atoms with Crippen molar-refractivity contribution in [3.05, 3.63) is 0 Å². The number of nitrogens with zero attached hydrogens (tertiary/aromatic N) is 2. The van der Waals surface area contributed by atoms with E-state index in [2.05, 4.69) is 0 Å². The SMILES string of the molecule is CCCN(CC(F)(F)F)C(=O)C1CCCN(C(=O)C(C)CN)C1. The lowest BCUT2D eigenvalue weighted by molar-refractivity contribution is -0.165. The van der Waals surface area contributed by atoms with Crippen LogP contribution >= 0.6 is 0 Å². The maximum atomic E-state index is 12.6. The molecule has 23 heavy (non-hydrogen) atoms. The second kappa shape index (κ2) is 8.52. The number of alkyl halides is 3. The minimum absolute atomic E-state index is 0.0714. The minimum atomic E-state index is -4.41. The molecule has 134 valence electrons. The molecule has 1 aliphatic rings. The van der Waals surface area contributed by atoms with Gasteiger partial charge in [-0.3, -0.25) is 9.59 Å². The molecule has 2 atom stereocenters. The summed E-state index contributed by atoms with van der Waals surface area (Å²) in [6, 6.07) is 0. The molecule has 0 aromatic rings. The second-order valence-corrected chi connectivity index (χ2v) is 6.14. The first-order valence-corrected chi connectivity index (χ1v) is 8.04. The highest BCUT2D eigenvalue weighted by atomic mass is 19.4. The number of piperidine rings is 1. The fourth-order valence-corrected chi connectivity index (χ4v) is 2.80. The third-order valence-corrected chi connectivity index (χ3v) is 4.03. The number of hydrogen-bond acceptors (Lipinski definition) is 3. The summed E-state index contributed by atoms with van der Waals surface area (Å²) < 4.78 is 37.9. The molecule has 2 N–H and O–H groups in total. The molecule has 0 spiro atoms. The van der Waals surface area contributed by atoms with E-state index in [4.69, 9.17) is 5.73 Å². The summed E-state index contributed by atoms with van der Waals surface area (Å²) in [7, 11) is 0. The van der Waals surface area contributed by atoms with Gasteiger partial charge in [0.25, 0.3) is 0 Å². The van der Waals surface area contributed by atoms with Crippen molar-refractivity contribution in [1.29, 1.82) is 0 Å². The van der Waals surface area contributed by atoms with Crippen LogP contribution in [0.25, 0.3) is 0 Å². The van der Waals surface area contributed by atoms with E-state index in [0.717, 1.165) is 4.90 Å². The predicted molar refractivity (Wildman–Crippen MR) is 80.4 cm³/mol. The van der Waals surface area contributed by atoms with Crippen molar-refractivity contribution in [3.63, 3.8) is 0 Å². The molecule has 8 heteroatoms. The average molecular weight is 337 g/mol. The molecule has 2 unspecified atom stereocenters. The second-order valence-electron chi connectivity index (χ2n) is 6.14. The monoisotopic (exact) mass is 337 g/mol. The Morgan fingerprint density at radius 2 is 2.04 bits per heavy atom. The highest BCUT2D eigenvalue weighted by molar-refractivity contribution is 5.82. The molecule has 0 saturated carbocycles. The van der Waals surface area contributed by atoms with Crippen molar-refractivity contribution in [2.45, 2.75) is 39.3 Å². The summed E-state index contributed by atoms with van der Waals surface area (Å²) >= 11 is 0. The highest BCUT2D eigenvalue weighted by Gasteiger charge is 2.37. The first kappa shape index (κ1) is 19.7. The van der Waals surface area contributed by atoms with Crippen LogP contribution in [0.1, 0.15) is 33.1 Å². The molecule has 1 rings (SSSR count). The number of amides is 2. The molecule has 1 saturated heterocycles. The molecular formula is C15H26F3N3O2. The molecular weight excluding hydrogens is 311 g/mol. The summed E-state index contributed by atoms with van der Waals surface area (Å²) in [4.78, 5) is 27.0. The molecule has 0 radical (unpaired) electrons. The van der Waals surface area contributed by atoms with Crippen LogP contribution in [0, 0.1) is 11.8 Å². The van der Waals surface area contributed by atoms with E-state index in [1.54, 1.807) is 18.7 Å². The number of carbonyl (C=O) groups is 2. The summed E-state index contributed by atoms with van der Waals surface area (Å²) in [5.41, 5.74) is 5.48. The summed E-state index contributed by atoms with van der Waals surface area (Å²) in [6.07, 6.45) is -2.83. The van der Waals surface area contributed by atoms with Crippen LogP contribution in [0.4, 0.5) is 13.2 Å². The van der Waals surface area contributed by atoms with Gasteiger partial charge in [0.05, 0.1) is 5.92 Å². The van der Waals surface area contributed by atoms with Gasteiger partial charge in [-0.05, 0) is 19.3 Å². The van der Waals surface area contributed by atoms with Crippen LogP contribution in [0.5, 0.6) is 0 Å². The van der Waals surface area contributed by atoms with Crippen molar-refractivity contribution in [2.24, 2.45) is 17.6 Å². The zero-order valence-electron chi connectivity index (χ0n) is 13.7. The molecule has 5 nitrogen and oxygen atoms in total. The fraction of sp³-hybridized carbons (Fsp3) is 0.867. The Morgan fingerprint density at radius 3 is 2.57 bits per heavy atom. The number of rotatable bonds is 6. The first-order chi connectivity index (χ1) is 10.7. The van der Waals surface area contributed by atoms with Gasteiger partial charge in [-0.2, -0.15) is 13.2 Å². The summed E-state index contributed by atoms with van der Waals surface area (Å²) in [6.45, 7) is 3.20. The third-order valence-electron chi connectivity index (χ3n) is 4.03. The predicted octanol–water partition coefficient (Wildman–Crippen LogP) is 1.62. The number of nitrogens with two attached hydrogens (primary N) is 1. The molecule has 2 amide bonds. The Balaban J connectivity index is 2.74. The Kier molecular flexibility index (Phi) is 7.31. The van der Waals surface area contributed by atoms with Gasteiger partial charge in [-0.1, -0.05) is 13.8 Å². The van der Waals surface area contributed by atoms with Crippen molar-refractivity contribution >= 4 is 11.8 Å². The Hall–Kier alpha value is -1.31. The fourth-order valence-electron chi connectivity index (χ4n) is 2.80. The minimum Gasteiger partial charge on any atom is -0.342 e. The lowest BCUT2D eigenvalue weighted by Crippen LogP contribution is -2.50. The lowest BCUT2D eigenvalue weighted by atomic mass is 9.95. The van der Waals surface area contributed by atoms with E-state index in [1.165, 1.54) is 0 Å². The van der Waals surface area contributed by atoms with E-state index in [9.17, 15) is 22.8 Å². The van der Waals surface area contributed by atoms with Gasteiger partial charge in [-0.25, -0.2) is 0 Å².